The van der Waals surface area contributed by atoms with Crippen molar-refractivity contribution in [2.24, 2.45) is 0 Å². The summed E-state index contributed by atoms with van der Waals surface area (Å²) in [7, 11) is 0. The van der Waals surface area contributed by atoms with Gasteiger partial charge in [0.05, 0.1) is 123 Å². The van der Waals surface area contributed by atoms with Crippen LogP contribution in [0.2, 0.25) is 0 Å². The fourth-order valence-corrected chi connectivity index (χ4v) is 16.1. The van der Waals surface area contributed by atoms with Crippen LogP contribution < -0.4 is 0 Å². The highest BCUT2D eigenvalue weighted by atomic mass is 14.9. The van der Waals surface area contributed by atoms with E-state index in [2.05, 4.69) is 174 Å². The SMILES string of the molecule is CC.CC.CC.CC.c1cnc2c(c1)ccc1ccc(-c3c4cc[nH]c4c(-c4ccc5ccc6ccc(-c7c8cc[nH]c8cc8cc[nH]c78)nc6c5n4)c4cc[nH]c34)nc12.c1cnc2c(c1)ccc1ccc(-c3c4nccnc4c(-c4ccc5ccc6ccc(-c7c8nccnc8cc8nccnc78)nc6c5n4)c4nccnc34)nc12. The smallest absolute Gasteiger partial charge is 0.101 e. The van der Waals surface area contributed by atoms with Gasteiger partial charge < -0.3 is 19.9 Å². The molecule has 0 unspecified atom stereocenters. The Kier molecular flexibility index (Phi) is 18.1. The molecule has 0 atom stereocenters. The summed E-state index contributed by atoms with van der Waals surface area (Å²) in [5.74, 6) is 0. The fourth-order valence-electron chi connectivity index (χ4n) is 16.1. The van der Waals surface area contributed by atoms with Gasteiger partial charge in [-0.2, -0.15) is 0 Å². The Balaban J connectivity index is 0.000000143. The number of nitrogens with one attached hydrogen (secondary N) is 4. The maximum Gasteiger partial charge on any atom is 0.101 e. The van der Waals surface area contributed by atoms with E-state index in [4.69, 9.17) is 64.8 Å². The molecule has 8 aromatic carbocycles. The Labute approximate surface area is 662 Å². The largest absolute Gasteiger partial charge is 0.361 e. The molecule has 20 heteroatoms. The van der Waals surface area contributed by atoms with E-state index in [0.29, 0.717) is 66.8 Å². The molecule has 24 rings (SSSR count). The lowest BCUT2D eigenvalue weighted by Gasteiger charge is -2.15. The predicted molar refractivity (Wildman–Crippen MR) is 473 cm³/mol. The molecule has 0 aliphatic heterocycles. The number of aromatic amines is 4. The number of pyridine rings is 8. The topological polar surface area (TPSA) is 269 Å². The zero-order valence-electron chi connectivity index (χ0n) is 64.6. The van der Waals surface area contributed by atoms with E-state index in [9.17, 15) is 0 Å². The van der Waals surface area contributed by atoms with Gasteiger partial charge in [-0.1, -0.05) is 152 Å². The zero-order chi connectivity index (χ0) is 78.7. The summed E-state index contributed by atoms with van der Waals surface area (Å²) in [4.78, 5) is 93.3. The normalized spacial score (nSPS) is 11.4. The van der Waals surface area contributed by atoms with Gasteiger partial charge in [0.25, 0.3) is 0 Å². The summed E-state index contributed by atoms with van der Waals surface area (Å²) in [6, 6.07) is 62.3. The molecule has 0 radical (unpaired) electrons. The Bertz CT molecular complexity index is 7790. The maximum atomic E-state index is 5.42. The van der Waals surface area contributed by atoms with E-state index in [0.717, 1.165) is 176 Å². The Morgan fingerprint density at radius 3 is 0.836 bits per heavy atom. The molecule has 0 aliphatic rings. The molecule has 116 heavy (non-hydrogen) atoms. The van der Waals surface area contributed by atoms with E-state index >= 15 is 0 Å². The highest BCUT2D eigenvalue weighted by molar-refractivity contribution is 6.22. The van der Waals surface area contributed by atoms with Crippen molar-refractivity contribution in [1.82, 2.24) is 99.7 Å². The van der Waals surface area contributed by atoms with Crippen molar-refractivity contribution in [2.75, 3.05) is 0 Å². The van der Waals surface area contributed by atoms with Crippen LogP contribution in [-0.2, 0) is 0 Å². The highest BCUT2D eigenvalue weighted by Gasteiger charge is 2.26. The first-order chi connectivity index (χ1) is 57.5. The van der Waals surface area contributed by atoms with Gasteiger partial charge >= 0.3 is 0 Å². The van der Waals surface area contributed by atoms with E-state index in [1.165, 1.54) is 0 Å². The van der Waals surface area contributed by atoms with Crippen LogP contribution in [0.15, 0.2) is 269 Å². The van der Waals surface area contributed by atoms with Crippen molar-refractivity contribution in [3.63, 3.8) is 0 Å². The average molecular weight is 1510 g/mol. The molecule has 0 aliphatic carbocycles. The molecule has 0 saturated carbocycles. The van der Waals surface area contributed by atoms with Gasteiger partial charge in [-0.25, -0.2) is 29.9 Å². The molecule has 24 aromatic rings. The van der Waals surface area contributed by atoms with E-state index in [1.54, 1.807) is 55.8 Å². The van der Waals surface area contributed by atoms with Crippen LogP contribution in [0.25, 0.3) is 243 Å². The third kappa shape index (κ3) is 11.6. The number of benzene rings is 8. The van der Waals surface area contributed by atoms with Crippen molar-refractivity contribution in [1.29, 1.82) is 0 Å². The Hall–Kier alpha value is -15.4. The lowest BCUT2D eigenvalue weighted by atomic mass is 9.95. The minimum Gasteiger partial charge on any atom is -0.361 e. The Morgan fingerprint density at radius 1 is 0.190 bits per heavy atom. The summed E-state index contributed by atoms with van der Waals surface area (Å²) in [6.45, 7) is 16.0. The van der Waals surface area contributed by atoms with Crippen LogP contribution in [0.5, 0.6) is 0 Å². The van der Waals surface area contributed by atoms with Crippen LogP contribution in [0, 0.1) is 0 Å². The molecule has 16 heterocycles. The second kappa shape index (κ2) is 29.7. The minimum absolute atomic E-state index is 0.633. The summed E-state index contributed by atoms with van der Waals surface area (Å²) in [5, 5.41) is 12.5. The van der Waals surface area contributed by atoms with Crippen LogP contribution >= 0.6 is 0 Å². The molecule has 556 valence electrons. The molecule has 0 bridgehead atoms. The van der Waals surface area contributed by atoms with Crippen molar-refractivity contribution in [3.05, 3.63) is 269 Å². The number of hydrogen-bond donors (Lipinski definition) is 4. The number of nitrogens with zero attached hydrogens (tertiary/aromatic N) is 16. The number of rotatable bonds is 6. The molecule has 16 aromatic heterocycles. The second-order valence-electron chi connectivity index (χ2n) is 26.8. The van der Waals surface area contributed by atoms with Gasteiger partial charge in [-0.3, -0.25) is 49.8 Å². The number of aromatic nitrogens is 20. The van der Waals surface area contributed by atoms with Crippen molar-refractivity contribution in [3.8, 4) is 67.5 Å². The molecule has 0 spiro atoms. The molecular formula is C96H72N20. The third-order valence-corrected chi connectivity index (χ3v) is 20.9. The summed E-state index contributed by atoms with van der Waals surface area (Å²) in [5.41, 5.74) is 26.2. The molecule has 0 fully saturated rings. The lowest BCUT2D eigenvalue weighted by molar-refractivity contribution is 1.25. The predicted octanol–water partition coefficient (Wildman–Crippen LogP) is 23.6. The van der Waals surface area contributed by atoms with Crippen LogP contribution in [0.4, 0.5) is 0 Å². The van der Waals surface area contributed by atoms with Crippen molar-refractivity contribution in [2.45, 2.75) is 55.4 Å². The number of fused-ring (bicyclic) bond motifs is 20. The first-order valence-electron chi connectivity index (χ1n) is 39.1. The average Bonchev–Trinajstić information content (AvgIpc) is 1.23. The maximum absolute atomic E-state index is 5.42. The van der Waals surface area contributed by atoms with Gasteiger partial charge in [0.1, 0.15) is 33.1 Å². The monoisotopic (exact) mass is 1500 g/mol. The lowest BCUT2D eigenvalue weighted by Crippen LogP contribution is -2.00. The van der Waals surface area contributed by atoms with Gasteiger partial charge in [0, 0.05) is 174 Å². The first-order valence-corrected chi connectivity index (χ1v) is 39.1. The summed E-state index contributed by atoms with van der Waals surface area (Å²) >= 11 is 0. The number of H-pyrrole nitrogens is 4. The summed E-state index contributed by atoms with van der Waals surface area (Å²) in [6.07, 6.45) is 25.1. The second-order valence-corrected chi connectivity index (χ2v) is 26.8. The molecular weight excluding hydrogens is 1430 g/mol. The van der Waals surface area contributed by atoms with Crippen LogP contribution in [0.3, 0.4) is 0 Å². The van der Waals surface area contributed by atoms with Crippen molar-refractivity contribution >= 4 is 175 Å². The first kappa shape index (κ1) is 70.9. The third-order valence-electron chi connectivity index (χ3n) is 20.9. The standard InChI is InChI=1S/C44H22N12.C44H26N8.4C2H6/c1-2-23-3-4-24-7-11-28(54-36(24)35(23)47-13-1)33-41-43(52-20-18-50-41)34(44-42(33)51-19-21-53-44)29-12-9-26-6-5-25-8-10-27(55-37(25)38(26)56-29)32-39-30(45-14-16-48-39)22-31-40(32)49-17-15-46-31;1-2-23-3-4-24-7-11-32(50-40(24)39(23)46-17-1)36-29-15-20-49-44(29)37(30-16-21-48-43(30)36)33-12-9-26-6-5-25-8-10-31(51-41(25)42(26)52-33)35-28-14-19-45-34(28)22-27-13-18-47-38(27)35;4*1-2/h1-22H;1-22,45,47-49H;4*1-2H3. The van der Waals surface area contributed by atoms with Gasteiger partial charge in [-0.05, 0) is 84.9 Å². The fraction of sp³-hybridized carbons (Fsp3) is 0.0833. The van der Waals surface area contributed by atoms with Crippen molar-refractivity contribution < 1.29 is 0 Å². The Morgan fingerprint density at radius 2 is 0.457 bits per heavy atom. The molecule has 4 N–H and O–H groups in total. The number of hydrogen-bond acceptors (Lipinski definition) is 16. The van der Waals surface area contributed by atoms with Crippen LogP contribution in [-0.4, -0.2) is 99.7 Å². The van der Waals surface area contributed by atoms with E-state index in [1.807, 2.05) is 129 Å². The van der Waals surface area contributed by atoms with Gasteiger partial charge in [0.2, 0.25) is 0 Å². The molecule has 0 saturated heterocycles. The van der Waals surface area contributed by atoms with E-state index < -0.39 is 0 Å². The zero-order valence-corrected chi connectivity index (χ0v) is 64.6. The highest BCUT2D eigenvalue weighted by Crippen LogP contribution is 2.46. The minimum atomic E-state index is 0.633. The van der Waals surface area contributed by atoms with Gasteiger partial charge in [0.15, 0.2) is 0 Å². The summed E-state index contributed by atoms with van der Waals surface area (Å²) < 4.78 is 0. The molecule has 20 nitrogen and oxygen atoms in total. The molecule has 0 amide bonds. The van der Waals surface area contributed by atoms with E-state index in [-0.39, 0.29) is 0 Å². The van der Waals surface area contributed by atoms with Gasteiger partial charge in [-0.15, -0.1) is 0 Å². The van der Waals surface area contributed by atoms with Crippen LogP contribution in [0.1, 0.15) is 55.4 Å². The quantitative estimate of drug-likeness (QED) is 0.0890.